The molecule has 0 aliphatic heterocycles. The number of hydrogen-bond donors (Lipinski definition) is 1. The number of rotatable bonds is 9. The molecule has 2 aromatic heterocycles. The number of thiazole rings is 1. The van der Waals surface area contributed by atoms with Crippen molar-refractivity contribution in [1.82, 2.24) is 4.98 Å². The molecule has 1 fully saturated rings. The van der Waals surface area contributed by atoms with Crippen molar-refractivity contribution in [1.29, 1.82) is 0 Å². The molecule has 0 saturated heterocycles. The van der Waals surface area contributed by atoms with Gasteiger partial charge in [-0.15, -0.1) is 22.7 Å². The Hall–Kier alpha value is -2.16. The fraction of sp³-hybridized carbons (Fsp3) is 0.310. The van der Waals surface area contributed by atoms with E-state index in [4.69, 9.17) is 9.72 Å². The summed E-state index contributed by atoms with van der Waals surface area (Å²) >= 11 is 3.32. The molecule has 37 heavy (non-hydrogen) atoms. The fourth-order valence-electron chi connectivity index (χ4n) is 4.59. The number of nitrogens with zero attached hydrogens (tertiary/aromatic N) is 2. The number of anilines is 1. The van der Waals surface area contributed by atoms with E-state index in [-0.39, 0.29) is 31.0 Å². The van der Waals surface area contributed by atoms with Gasteiger partial charge in [-0.2, -0.15) is 0 Å². The number of aromatic nitrogens is 1. The van der Waals surface area contributed by atoms with Gasteiger partial charge in [0.15, 0.2) is 5.13 Å². The van der Waals surface area contributed by atoms with Crippen LogP contribution in [0.2, 0.25) is 0 Å². The number of hydrogen-bond acceptors (Lipinski definition) is 6. The molecular formula is C29H31N2NaO3S2. The Kier molecular flexibility index (Phi) is 9.84. The molecule has 1 saturated carbocycles. The maximum atomic E-state index is 11.4. The van der Waals surface area contributed by atoms with Gasteiger partial charge in [0, 0.05) is 22.4 Å². The molecule has 2 aromatic carbocycles. The topological polar surface area (TPSA) is 62.7 Å². The molecule has 0 atom stereocenters. The predicted molar refractivity (Wildman–Crippen MR) is 148 cm³/mol. The first-order valence-electron chi connectivity index (χ1n) is 12.4. The second-order valence-electron chi connectivity index (χ2n) is 9.48. The van der Waals surface area contributed by atoms with Gasteiger partial charge in [0.25, 0.3) is 0 Å². The summed E-state index contributed by atoms with van der Waals surface area (Å²) in [4.78, 5) is 19.9. The van der Waals surface area contributed by atoms with Crippen LogP contribution in [0.1, 0.15) is 54.8 Å². The molecule has 1 aliphatic carbocycles. The second kappa shape index (κ2) is 13.1. The van der Waals surface area contributed by atoms with E-state index in [1.54, 1.807) is 40.9 Å². The summed E-state index contributed by atoms with van der Waals surface area (Å²) in [6, 6.07) is 19.6. The first kappa shape index (κ1) is 27.9. The summed E-state index contributed by atoms with van der Waals surface area (Å²) in [5, 5.41) is 14.5. The minimum atomic E-state index is -0.913. The Morgan fingerprint density at radius 2 is 1.84 bits per heavy atom. The van der Waals surface area contributed by atoms with Crippen LogP contribution in [0.25, 0.3) is 11.3 Å². The quantitative estimate of drug-likeness (QED) is 0.307. The standard InChI is InChI=1S/C29H30N2O3S2.Na.H/c1-20-7-11-24(12-8-20)34-25-13-9-22(10-14-25)27-19-36-29(30-27)31(18-26-6-3-15-35-26)17-21-4-2-5-23(16-21)28(32)33;;/h2-6,9-10,13-16,19-20,24H,7-8,11-12,17-18H2,1H3,(H,32,33);;/q;+1;-1. The van der Waals surface area contributed by atoms with Crippen molar-refractivity contribution in [3.8, 4) is 17.0 Å². The van der Waals surface area contributed by atoms with Gasteiger partial charge in [0.2, 0.25) is 0 Å². The zero-order chi connectivity index (χ0) is 24.9. The van der Waals surface area contributed by atoms with Gasteiger partial charge in [0.05, 0.1) is 23.9 Å². The van der Waals surface area contributed by atoms with E-state index >= 15 is 0 Å². The van der Waals surface area contributed by atoms with Crippen molar-refractivity contribution >= 4 is 33.8 Å². The van der Waals surface area contributed by atoms with E-state index in [1.165, 1.54) is 17.7 Å². The summed E-state index contributed by atoms with van der Waals surface area (Å²) in [7, 11) is 0. The summed E-state index contributed by atoms with van der Waals surface area (Å²) in [5.41, 5.74) is 3.24. The number of ether oxygens (including phenoxy) is 1. The van der Waals surface area contributed by atoms with Crippen molar-refractivity contribution in [3.63, 3.8) is 0 Å². The Morgan fingerprint density at radius 3 is 2.54 bits per heavy atom. The molecule has 0 bridgehead atoms. The minimum Gasteiger partial charge on any atom is -1.00 e. The van der Waals surface area contributed by atoms with E-state index in [0.29, 0.717) is 24.8 Å². The molecular weight excluding hydrogens is 511 g/mol. The number of aromatic carboxylic acids is 1. The average Bonchev–Trinajstić information content (AvgIpc) is 3.58. The molecule has 5 rings (SSSR count). The van der Waals surface area contributed by atoms with Gasteiger partial charge in [-0.1, -0.05) is 25.1 Å². The smallest absolute Gasteiger partial charge is 1.00 e. The Bertz CT molecular complexity index is 1290. The summed E-state index contributed by atoms with van der Waals surface area (Å²) in [5.74, 6) is 0.821. The van der Waals surface area contributed by atoms with Crippen LogP contribution in [0, 0.1) is 5.92 Å². The van der Waals surface area contributed by atoms with Gasteiger partial charge in [0.1, 0.15) is 5.75 Å². The van der Waals surface area contributed by atoms with E-state index < -0.39 is 5.97 Å². The van der Waals surface area contributed by atoms with Crippen LogP contribution in [0.15, 0.2) is 71.4 Å². The maximum Gasteiger partial charge on any atom is 1.00 e. The number of carboxylic acids is 1. The van der Waals surface area contributed by atoms with Crippen LogP contribution < -0.4 is 39.2 Å². The third kappa shape index (κ3) is 7.45. The summed E-state index contributed by atoms with van der Waals surface area (Å²) in [6.45, 7) is 3.62. The Morgan fingerprint density at radius 1 is 1.05 bits per heavy atom. The van der Waals surface area contributed by atoms with Crippen molar-refractivity contribution in [2.75, 3.05) is 4.90 Å². The van der Waals surface area contributed by atoms with Crippen molar-refractivity contribution < 1.29 is 45.6 Å². The first-order valence-corrected chi connectivity index (χ1v) is 14.1. The predicted octanol–water partition coefficient (Wildman–Crippen LogP) is 4.85. The van der Waals surface area contributed by atoms with E-state index in [0.717, 1.165) is 46.5 Å². The average molecular weight is 543 g/mol. The van der Waals surface area contributed by atoms with Gasteiger partial charge in [-0.25, -0.2) is 9.78 Å². The van der Waals surface area contributed by atoms with Crippen molar-refractivity contribution in [2.45, 2.75) is 51.8 Å². The maximum absolute atomic E-state index is 11.4. The largest absolute Gasteiger partial charge is 1.00 e. The molecule has 2 heterocycles. The number of benzene rings is 2. The van der Waals surface area contributed by atoms with Gasteiger partial charge in [-0.3, -0.25) is 0 Å². The van der Waals surface area contributed by atoms with E-state index in [2.05, 4.69) is 40.8 Å². The zero-order valence-corrected chi connectivity index (χ0v) is 24.9. The third-order valence-electron chi connectivity index (χ3n) is 6.65. The third-order valence-corrected chi connectivity index (χ3v) is 8.42. The van der Waals surface area contributed by atoms with Crippen LogP contribution in [-0.4, -0.2) is 22.2 Å². The zero-order valence-electron chi connectivity index (χ0n) is 22.3. The number of thiophene rings is 1. The molecule has 0 radical (unpaired) electrons. The Balaban J connectivity index is 0.00000200. The molecule has 0 unspecified atom stereocenters. The van der Waals surface area contributed by atoms with Gasteiger partial charge < -0.3 is 16.2 Å². The summed E-state index contributed by atoms with van der Waals surface area (Å²) < 4.78 is 6.22. The van der Waals surface area contributed by atoms with E-state index in [1.807, 2.05) is 24.3 Å². The molecule has 0 amide bonds. The van der Waals surface area contributed by atoms with Crippen LogP contribution in [0.5, 0.6) is 5.75 Å². The van der Waals surface area contributed by atoms with Gasteiger partial charge in [-0.05, 0) is 85.0 Å². The molecule has 1 aliphatic rings. The molecule has 4 aromatic rings. The van der Waals surface area contributed by atoms with Crippen molar-refractivity contribution in [2.24, 2.45) is 5.92 Å². The van der Waals surface area contributed by atoms with Gasteiger partial charge >= 0.3 is 35.5 Å². The fourth-order valence-corrected chi connectivity index (χ4v) is 6.15. The van der Waals surface area contributed by atoms with Crippen LogP contribution >= 0.6 is 22.7 Å². The molecule has 8 heteroatoms. The number of carboxylic acid groups (broad SMARTS) is 1. The monoisotopic (exact) mass is 542 g/mol. The molecule has 188 valence electrons. The van der Waals surface area contributed by atoms with E-state index in [9.17, 15) is 9.90 Å². The van der Waals surface area contributed by atoms with Crippen LogP contribution in [0.4, 0.5) is 5.13 Å². The molecule has 5 nitrogen and oxygen atoms in total. The minimum absolute atomic E-state index is 0. The van der Waals surface area contributed by atoms with Crippen LogP contribution in [-0.2, 0) is 13.1 Å². The second-order valence-corrected chi connectivity index (χ2v) is 11.3. The Labute approximate surface area is 249 Å². The SMILES string of the molecule is CC1CCC(Oc2ccc(-c3csc(N(Cc4cccc(C(=O)O)c4)Cc4cccs4)n3)cc2)CC1.[H-].[Na+]. The van der Waals surface area contributed by atoms with Crippen molar-refractivity contribution in [3.05, 3.63) is 87.4 Å². The summed E-state index contributed by atoms with van der Waals surface area (Å²) in [6.07, 6.45) is 5.07. The molecule has 0 spiro atoms. The normalized spacial score (nSPS) is 17.1. The van der Waals surface area contributed by atoms with Crippen LogP contribution in [0.3, 0.4) is 0 Å². The number of carbonyl (C=O) groups is 1. The first-order chi connectivity index (χ1) is 17.5. The molecule has 1 N–H and O–H groups in total.